The van der Waals surface area contributed by atoms with E-state index in [4.69, 9.17) is 0 Å². The molecular weight excluding hydrogens is 740 g/mol. The number of aromatic nitrogens is 3. The van der Waals surface area contributed by atoms with E-state index < -0.39 is 7.85 Å². The average molecular weight is 774 g/mol. The Morgan fingerprint density at radius 2 is 2.02 bits per heavy atom. The van der Waals surface area contributed by atoms with E-state index in [0.29, 0.717) is 43.1 Å². The molecule has 40 heavy (non-hydrogen) atoms. The maximum absolute atomic E-state index is 15.6. The van der Waals surface area contributed by atoms with E-state index in [-0.39, 0.29) is 12.0 Å². The number of carbonyl (C=O) groups is 1. The highest BCUT2D eigenvalue weighted by Crippen LogP contribution is 2.46. The molecule has 2 aromatic rings. The highest BCUT2D eigenvalue weighted by molar-refractivity contribution is 14.2. The number of aryl methyl sites for hydroxylation is 1. The number of anilines is 1. The van der Waals surface area contributed by atoms with Gasteiger partial charge in [-0.3, -0.25) is 14.6 Å². The molecule has 0 unspecified atom stereocenters. The fourth-order valence-corrected chi connectivity index (χ4v) is 6.67. The van der Waals surface area contributed by atoms with Crippen LogP contribution < -0.4 is 4.90 Å². The third-order valence-corrected chi connectivity index (χ3v) is 9.53. The van der Waals surface area contributed by atoms with E-state index in [1.54, 1.807) is 63.9 Å². The zero-order valence-corrected chi connectivity index (χ0v) is 27.2. The molecule has 7 nitrogen and oxygen atoms in total. The first kappa shape index (κ1) is 29.6. The number of rotatable bonds is 9. The normalized spacial score (nSPS) is 23.0. The molecule has 3 atom stereocenters. The van der Waals surface area contributed by atoms with Crippen molar-refractivity contribution in [3.63, 3.8) is 0 Å². The van der Waals surface area contributed by atoms with E-state index in [2.05, 4.69) is 22.3 Å². The molecule has 2 aliphatic heterocycles. The Hall–Kier alpha value is -1.87. The van der Waals surface area contributed by atoms with E-state index in [9.17, 15) is 9.18 Å². The predicted octanol–water partition coefficient (Wildman–Crippen LogP) is 6.23. The Kier molecular flexibility index (Phi) is 9.00. The first-order chi connectivity index (χ1) is 19.1. The third kappa shape index (κ3) is 6.15. The third-order valence-electron chi connectivity index (χ3n) is 8.36. The van der Waals surface area contributed by atoms with Gasteiger partial charge in [-0.1, -0.05) is 18.6 Å². The topological polar surface area (TPSA) is 57.5 Å². The first-order valence-corrected chi connectivity index (χ1v) is 15.7. The summed E-state index contributed by atoms with van der Waals surface area (Å²) in [5, 5.41) is 8.56. The van der Waals surface area contributed by atoms with Gasteiger partial charge in [0.05, 0.1) is 5.70 Å². The average Bonchev–Trinajstić information content (AvgIpc) is 3.52. The molecule has 0 radical (unpaired) electrons. The van der Waals surface area contributed by atoms with E-state index >= 15 is 4.39 Å². The Balaban J connectivity index is 1.47. The number of hydrogen-bond donors (Lipinski definition) is 0. The van der Waals surface area contributed by atoms with Gasteiger partial charge in [-0.2, -0.15) is 0 Å². The molecule has 0 bridgehead atoms. The van der Waals surface area contributed by atoms with Crippen LogP contribution in [-0.2, 0) is 11.8 Å². The molecule has 0 spiro atoms. The number of amides is 1. The van der Waals surface area contributed by atoms with Crippen molar-refractivity contribution >= 4 is 57.3 Å². The molecule has 11 heteroatoms. The minimum Gasteiger partial charge on any atom is -0.349 e. The van der Waals surface area contributed by atoms with Crippen molar-refractivity contribution in [3.8, 4) is 0 Å². The molecule has 1 aliphatic carbocycles. The standard InChI is InChI=1S/C29H34F2I2N6O/c1-19(38-11-10-23(30)15-38)22-13-25(29(31,32)33)26(39(14-22)18-40)16-36(2)24-9-5-8-21(12-24)27(20-6-4-7-20)28-35-34-17-37(28)3/h5,8-9,12-14,16-20,23,27H,4,6-7,10-11,15H2,1-3H3/b26-16-/t19-,23-,27-/m1/s1. The van der Waals surface area contributed by atoms with Crippen LogP contribution >= 0.6 is 45.2 Å². The summed E-state index contributed by atoms with van der Waals surface area (Å²) < 4.78 is 29.8. The van der Waals surface area contributed by atoms with Crippen LogP contribution in [0.5, 0.6) is 0 Å². The summed E-state index contributed by atoms with van der Waals surface area (Å²) in [6.45, 7) is 2.95. The lowest BCUT2D eigenvalue weighted by Crippen LogP contribution is -2.36. The predicted molar refractivity (Wildman–Crippen MR) is 170 cm³/mol. The van der Waals surface area contributed by atoms with Crippen LogP contribution in [0.25, 0.3) is 0 Å². The summed E-state index contributed by atoms with van der Waals surface area (Å²) in [5.74, 6) is 1.61. The number of hydrogen-bond acceptors (Lipinski definition) is 5. The van der Waals surface area contributed by atoms with Gasteiger partial charge in [0, 0.05) is 62.8 Å². The summed E-state index contributed by atoms with van der Waals surface area (Å²) in [4.78, 5) is 17.7. The summed E-state index contributed by atoms with van der Waals surface area (Å²) in [6, 6.07) is 8.17. The molecule has 2 fully saturated rings. The van der Waals surface area contributed by atoms with Crippen LogP contribution in [0.1, 0.15) is 49.9 Å². The van der Waals surface area contributed by atoms with Gasteiger partial charge in [0.15, 0.2) is 0 Å². The van der Waals surface area contributed by atoms with Gasteiger partial charge in [-0.25, -0.2) is 8.78 Å². The maximum atomic E-state index is 15.6. The van der Waals surface area contributed by atoms with Crippen molar-refractivity contribution < 1.29 is 13.6 Å². The van der Waals surface area contributed by atoms with Crippen molar-refractivity contribution in [1.82, 2.24) is 24.6 Å². The van der Waals surface area contributed by atoms with Gasteiger partial charge in [-0.05, 0) is 107 Å². The largest absolute Gasteiger partial charge is 0.349 e. The molecule has 1 saturated heterocycles. The molecule has 1 amide bonds. The van der Waals surface area contributed by atoms with Gasteiger partial charge >= 0.3 is 0 Å². The number of likely N-dealkylation sites (tertiary alicyclic amines) is 1. The van der Waals surface area contributed by atoms with Crippen molar-refractivity contribution in [2.45, 2.75) is 52.4 Å². The second-order valence-electron chi connectivity index (χ2n) is 10.9. The summed E-state index contributed by atoms with van der Waals surface area (Å²) in [5.41, 5.74) is 3.70. The molecule has 1 saturated carbocycles. The zero-order valence-electron chi connectivity index (χ0n) is 22.9. The summed E-state index contributed by atoms with van der Waals surface area (Å²) in [7, 11) is 3.88. The second-order valence-corrected chi connectivity index (χ2v) is 16.0. The van der Waals surface area contributed by atoms with Crippen LogP contribution in [0.4, 0.5) is 14.5 Å². The second kappa shape index (κ2) is 12.2. The lowest BCUT2D eigenvalue weighted by Gasteiger charge is -2.34. The number of alkyl halides is 4. The number of allylic oxidation sites excluding steroid dienone is 1. The molecular formula is C29H34F2I2N6O. The fourth-order valence-electron chi connectivity index (χ4n) is 5.81. The number of carbonyl (C=O) groups excluding carboxylic acids is 1. The first-order valence-electron chi connectivity index (χ1n) is 13.6. The molecule has 0 N–H and O–H groups in total. The zero-order chi connectivity index (χ0) is 28.6. The number of nitrogens with zero attached hydrogens (tertiary/aromatic N) is 6. The monoisotopic (exact) mass is 774 g/mol. The summed E-state index contributed by atoms with van der Waals surface area (Å²) >= 11 is 3.52. The fraction of sp³-hybridized carbons (Fsp3) is 0.483. The van der Waals surface area contributed by atoms with Crippen LogP contribution in [0.2, 0.25) is 0 Å². The SMILES string of the molecule is C[C@H](C1=CN(C=O)/C(=C\N(C)c2cccc([C@H](c3nncn3C)C3CCC3)c2)C(C(F)(I)I)=C1)N1CC[C@@H](F)C1. The minimum absolute atomic E-state index is 0.141. The number of halogens is 4. The van der Waals surface area contributed by atoms with Crippen LogP contribution in [0.3, 0.4) is 0 Å². The molecule has 5 rings (SSSR count). The van der Waals surface area contributed by atoms with Crippen molar-refractivity contribution in [1.29, 1.82) is 0 Å². The van der Waals surface area contributed by atoms with Crippen LogP contribution in [0, 0.1) is 5.92 Å². The van der Waals surface area contributed by atoms with Crippen molar-refractivity contribution in [3.05, 3.63) is 77.3 Å². The quantitative estimate of drug-likeness (QED) is 0.172. The van der Waals surface area contributed by atoms with E-state index in [1.165, 1.54) is 11.3 Å². The Morgan fingerprint density at radius 1 is 1.25 bits per heavy atom. The molecule has 3 aliphatic rings. The smallest absolute Gasteiger partial charge is 0.237 e. The Morgan fingerprint density at radius 3 is 2.60 bits per heavy atom. The highest BCUT2D eigenvalue weighted by Gasteiger charge is 2.37. The molecule has 1 aromatic carbocycles. The van der Waals surface area contributed by atoms with Gasteiger partial charge in [-0.15, -0.1) is 10.2 Å². The Labute approximate surface area is 261 Å². The van der Waals surface area contributed by atoms with Crippen LogP contribution in [0.15, 0.2) is 65.9 Å². The Bertz CT molecular complexity index is 1330. The molecule has 3 heterocycles. The maximum Gasteiger partial charge on any atom is 0.237 e. The summed E-state index contributed by atoms with van der Waals surface area (Å²) in [6.07, 6.45) is 11.0. The van der Waals surface area contributed by atoms with Crippen molar-refractivity contribution in [2.24, 2.45) is 13.0 Å². The number of benzene rings is 1. The van der Waals surface area contributed by atoms with Gasteiger partial charge < -0.3 is 9.47 Å². The minimum atomic E-state index is -1.77. The van der Waals surface area contributed by atoms with Gasteiger partial charge in [0.25, 0.3) is 0 Å². The molecule has 1 aromatic heterocycles. The van der Waals surface area contributed by atoms with Gasteiger partial charge in [0.2, 0.25) is 8.09 Å². The van der Waals surface area contributed by atoms with Gasteiger partial charge in [0.1, 0.15) is 18.3 Å². The molecule has 214 valence electrons. The van der Waals surface area contributed by atoms with E-state index in [0.717, 1.165) is 35.5 Å². The van der Waals surface area contributed by atoms with E-state index in [1.807, 2.05) is 53.6 Å². The van der Waals surface area contributed by atoms with Crippen molar-refractivity contribution in [2.75, 3.05) is 25.0 Å². The lowest BCUT2D eigenvalue weighted by atomic mass is 9.72. The van der Waals surface area contributed by atoms with Crippen LogP contribution in [-0.4, -0.2) is 65.0 Å². The highest BCUT2D eigenvalue weighted by atomic mass is 127. The lowest BCUT2D eigenvalue weighted by molar-refractivity contribution is -0.114.